The van der Waals surface area contributed by atoms with Crippen molar-refractivity contribution in [1.29, 1.82) is 0 Å². The van der Waals surface area contributed by atoms with E-state index >= 15 is 0 Å². The fourth-order valence-corrected chi connectivity index (χ4v) is 0.842. The second kappa shape index (κ2) is 7.85. The Hall–Kier alpha value is -0.780. The van der Waals surface area contributed by atoms with E-state index < -0.39 is 11.4 Å². The molecular formula is C8H13NO3S. The average molecular weight is 203 g/mol. The standard InChI is InChI=1S/C8H12N.H2O3S/c1-2-6-9-7-4-3-5-8-9;1-4(2)3/h3-5,7-8H,2,6H2,1H3;(H2,1,2,3)/q+1;/p-1. The maximum atomic E-state index is 8.56. The van der Waals surface area contributed by atoms with Crippen LogP contribution in [0.25, 0.3) is 0 Å². The Bertz CT molecular complexity index is 236. The first-order valence-electron chi connectivity index (χ1n) is 3.89. The molecule has 13 heavy (non-hydrogen) atoms. The minimum atomic E-state index is -2.86. The van der Waals surface area contributed by atoms with Crippen molar-refractivity contribution < 1.29 is 17.9 Å². The number of hydrogen-bond acceptors (Lipinski definition) is 2. The van der Waals surface area contributed by atoms with Crippen LogP contribution in [-0.2, 0) is 17.9 Å². The topological polar surface area (TPSA) is 64.2 Å². The lowest BCUT2D eigenvalue weighted by molar-refractivity contribution is -0.697. The molecule has 1 N–H and O–H groups in total. The molecule has 0 fully saturated rings. The van der Waals surface area contributed by atoms with E-state index in [1.807, 2.05) is 6.07 Å². The van der Waals surface area contributed by atoms with Gasteiger partial charge in [-0.25, -0.2) is 8.78 Å². The second-order valence-electron chi connectivity index (χ2n) is 2.33. The van der Waals surface area contributed by atoms with Gasteiger partial charge in [0.2, 0.25) is 0 Å². The van der Waals surface area contributed by atoms with Gasteiger partial charge in [0, 0.05) is 18.6 Å². The molecule has 1 aromatic heterocycles. The van der Waals surface area contributed by atoms with Crippen molar-refractivity contribution in [2.45, 2.75) is 19.9 Å². The second-order valence-corrected chi connectivity index (χ2v) is 2.76. The summed E-state index contributed by atoms with van der Waals surface area (Å²) in [4.78, 5) is 0. The first-order chi connectivity index (χ1) is 6.16. The van der Waals surface area contributed by atoms with Gasteiger partial charge < -0.3 is 9.11 Å². The van der Waals surface area contributed by atoms with Crippen LogP contribution in [0.15, 0.2) is 30.6 Å². The van der Waals surface area contributed by atoms with Crippen LogP contribution in [0.4, 0.5) is 0 Å². The summed E-state index contributed by atoms with van der Waals surface area (Å²) in [7, 11) is 0. The molecule has 0 spiro atoms. The van der Waals surface area contributed by atoms with Crippen LogP contribution < -0.4 is 4.57 Å². The Labute approximate surface area is 80.3 Å². The molecule has 0 radical (unpaired) electrons. The molecule has 0 amide bonds. The minimum Gasteiger partial charge on any atom is -0.750 e. The maximum absolute atomic E-state index is 8.56. The van der Waals surface area contributed by atoms with E-state index in [0.29, 0.717) is 0 Å². The fourth-order valence-electron chi connectivity index (χ4n) is 0.842. The molecule has 0 bridgehead atoms. The number of nitrogens with zero attached hydrogens (tertiary/aromatic N) is 1. The molecule has 4 nitrogen and oxygen atoms in total. The first kappa shape index (κ1) is 12.2. The summed E-state index contributed by atoms with van der Waals surface area (Å²) in [5, 5.41) is 0. The van der Waals surface area contributed by atoms with E-state index in [9.17, 15) is 0 Å². The molecule has 1 unspecified atom stereocenters. The Kier molecular flexibility index (Phi) is 7.38. The van der Waals surface area contributed by atoms with Crippen LogP contribution in [0, 0.1) is 0 Å². The summed E-state index contributed by atoms with van der Waals surface area (Å²) in [6, 6.07) is 6.14. The van der Waals surface area contributed by atoms with Crippen LogP contribution in [-0.4, -0.2) is 13.3 Å². The Morgan fingerprint density at radius 3 is 2.23 bits per heavy atom. The van der Waals surface area contributed by atoms with Gasteiger partial charge >= 0.3 is 0 Å². The van der Waals surface area contributed by atoms with Gasteiger partial charge in [-0.15, -0.1) is 0 Å². The normalized spacial score (nSPS) is 11.3. The summed E-state index contributed by atoms with van der Waals surface area (Å²) < 4.78 is 26.3. The molecule has 0 saturated carbocycles. The van der Waals surface area contributed by atoms with E-state index in [0.717, 1.165) is 6.54 Å². The van der Waals surface area contributed by atoms with Gasteiger partial charge in [0.25, 0.3) is 0 Å². The number of aromatic nitrogens is 1. The highest BCUT2D eigenvalue weighted by Gasteiger charge is 1.90. The maximum Gasteiger partial charge on any atom is 0.168 e. The van der Waals surface area contributed by atoms with E-state index in [1.54, 1.807) is 0 Å². The number of pyridine rings is 1. The average Bonchev–Trinajstić information content (AvgIpc) is 2.06. The minimum absolute atomic E-state index is 1.13. The molecule has 74 valence electrons. The van der Waals surface area contributed by atoms with Gasteiger partial charge in [0.1, 0.15) is 6.54 Å². The zero-order valence-electron chi connectivity index (χ0n) is 7.42. The Morgan fingerprint density at radius 1 is 1.38 bits per heavy atom. The van der Waals surface area contributed by atoms with Crippen molar-refractivity contribution in [3.63, 3.8) is 0 Å². The molecule has 0 aromatic carbocycles. The SMILES string of the molecule is CCC[n+]1ccccc1.O=S([O-])O. The monoisotopic (exact) mass is 203 g/mol. The van der Waals surface area contributed by atoms with Gasteiger partial charge in [-0.3, -0.25) is 0 Å². The molecule has 0 aliphatic rings. The van der Waals surface area contributed by atoms with Crippen molar-refractivity contribution in [3.05, 3.63) is 30.6 Å². The third-order valence-corrected chi connectivity index (χ3v) is 1.26. The molecule has 0 aliphatic heterocycles. The summed E-state index contributed by atoms with van der Waals surface area (Å²) in [5.74, 6) is 0. The Morgan fingerprint density at radius 2 is 1.85 bits per heavy atom. The van der Waals surface area contributed by atoms with Crippen molar-refractivity contribution in [2.75, 3.05) is 0 Å². The van der Waals surface area contributed by atoms with Gasteiger partial charge in [-0.1, -0.05) is 13.0 Å². The highest BCUT2D eigenvalue weighted by Crippen LogP contribution is 1.78. The van der Waals surface area contributed by atoms with Crippen molar-refractivity contribution in [1.82, 2.24) is 0 Å². The molecule has 1 aromatic rings. The lowest BCUT2D eigenvalue weighted by Crippen LogP contribution is -2.31. The molecule has 1 heterocycles. The quantitative estimate of drug-likeness (QED) is 0.569. The number of hydrogen-bond donors (Lipinski definition) is 1. The third-order valence-electron chi connectivity index (χ3n) is 1.26. The lowest BCUT2D eigenvalue weighted by Gasteiger charge is -1.88. The van der Waals surface area contributed by atoms with E-state index in [4.69, 9.17) is 13.3 Å². The van der Waals surface area contributed by atoms with E-state index in [-0.39, 0.29) is 0 Å². The van der Waals surface area contributed by atoms with Crippen LogP contribution in [0.2, 0.25) is 0 Å². The predicted molar refractivity (Wildman–Crippen MR) is 48.5 cm³/mol. The number of aryl methyl sites for hydroxylation is 1. The van der Waals surface area contributed by atoms with E-state index in [1.165, 1.54) is 6.42 Å². The molecule has 0 aliphatic carbocycles. The Balaban J connectivity index is 0.000000310. The highest BCUT2D eigenvalue weighted by molar-refractivity contribution is 7.73. The predicted octanol–water partition coefficient (Wildman–Crippen LogP) is 0.723. The fraction of sp³-hybridized carbons (Fsp3) is 0.375. The van der Waals surface area contributed by atoms with Crippen molar-refractivity contribution in [2.24, 2.45) is 0 Å². The zero-order chi connectivity index (χ0) is 10.1. The summed E-state index contributed by atoms with van der Waals surface area (Å²) in [6.07, 6.45) is 5.38. The molecule has 0 saturated heterocycles. The van der Waals surface area contributed by atoms with Crippen molar-refractivity contribution >= 4 is 11.4 Å². The smallest absolute Gasteiger partial charge is 0.168 e. The largest absolute Gasteiger partial charge is 0.750 e. The molecule has 5 heteroatoms. The van der Waals surface area contributed by atoms with Gasteiger partial charge in [-0.05, 0) is 0 Å². The molecular weight excluding hydrogens is 190 g/mol. The van der Waals surface area contributed by atoms with Crippen LogP contribution in [0.1, 0.15) is 13.3 Å². The van der Waals surface area contributed by atoms with Crippen LogP contribution in [0.5, 0.6) is 0 Å². The highest BCUT2D eigenvalue weighted by atomic mass is 32.2. The number of rotatable bonds is 2. The lowest BCUT2D eigenvalue weighted by atomic mass is 10.4. The summed E-state index contributed by atoms with van der Waals surface area (Å²) in [5.41, 5.74) is 0. The summed E-state index contributed by atoms with van der Waals surface area (Å²) in [6.45, 7) is 3.31. The van der Waals surface area contributed by atoms with Gasteiger partial charge in [0.05, 0.1) is 11.4 Å². The zero-order valence-corrected chi connectivity index (χ0v) is 8.24. The molecule has 1 atom stereocenters. The van der Waals surface area contributed by atoms with Crippen molar-refractivity contribution in [3.8, 4) is 0 Å². The van der Waals surface area contributed by atoms with Crippen LogP contribution >= 0.6 is 0 Å². The summed E-state index contributed by atoms with van der Waals surface area (Å²) >= 11 is -2.86. The van der Waals surface area contributed by atoms with Gasteiger partial charge in [0.15, 0.2) is 12.4 Å². The third kappa shape index (κ3) is 9.13. The molecule has 1 rings (SSSR count). The first-order valence-corrected chi connectivity index (χ1v) is 4.92. The van der Waals surface area contributed by atoms with E-state index in [2.05, 4.69) is 36.0 Å². The van der Waals surface area contributed by atoms with Crippen LogP contribution in [0.3, 0.4) is 0 Å². The van der Waals surface area contributed by atoms with Gasteiger partial charge in [-0.2, -0.15) is 0 Å².